The van der Waals surface area contributed by atoms with E-state index in [1.807, 2.05) is 49.4 Å². The van der Waals surface area contributed by atoms with Gasteiger partial charge in [-0.1, -0.05) is 40.2 Å². The first-order chi connectivity index (χ1) is 11.5. The molecule has 4 nitrogen and oxygen atoms in total. The van der Waals surface area contributed by atoms with Gasteiger partial charge in [0.2, 0.25) is 11.8 Å². The first kappa shape index (κ1) is 16.7. The molecule has 1 aliphatic carbocycles. The first-order valence-electron chi connectivity index (χ1n) is 7.84. The van der Waals surface area contributed by atoms with Crippen molar-refractivity contribution >= 4 is 33.4 Å². The van der Waals surface area contributed by atoms with Gasteiger partial charge in [0, 0.05) is 17.2 Å². The maximum Gasteiger partial charge on any atom is 0.243 e. The lowest BCUT2D eigenvalue weighted by atomic mass is 9.77. The van der Waals surface area contributed by atoms with Crippen LogP contribution in [0.4, 0.5) is 5.69 Å². The summed E-state index contributed by atoms with van der Waals surface area (Å²) in [6, 6.07) is 13.6. The van der Waals surface area contributed by atoms with E-state index in [0.717, 1.165) is 27.7 Å². The number of fused-ring (bicyclic) bond motifs is 1. The molecule has 0 spiro atoms. The van der Waals surface area contributed by atoms with Crippen molar-refractivity contribution < 1.29 is 9.59 Å². The molecule has 0 saturated heterocycles. The van der Waals surface area contributed by atoms with Crippen LogP contribution in [0.1, 0.15) is 22.6 Å². The molecule has 0 fully saturated rings. The third kappa shape index (κ3) is 3.36. The van der Waals surface area contributed by atoms with Gasteiger partial charge in [-0.25, -0.2) is 0 Å². The van der Waals surface area contributed by atoms with Crippen LogP contribution >= 0.6 is 15.9 Å². The number of hydrogen-bond donors (Lipinski definition) is 1. The van der Waals surface area contributed by atoms with E-state index < -0.39 is 0 Å². The van der Waals surface area contributed by atoms with Gasteiger partial charge in [0.1, 0.15) is 0 Å². The second kappa shape index (κ2) is 6.77. The summed E-state index contributed by atoms with van der Waals surface area (Å²) in [4.78, 5) is 26.3. The van der Waals surface area contributed by atoms with Crippen LogP contribution in [0.3, 0.4) is 0 Å². The van der Waals surface area contributed by atoms with Crippen molar-refractivity contribution in [3.8, 4) is 0 Å². The number of hydrogen-bond acceptors (Lipinski definition) is 2. The molecule has 0 aromatic heterocycles. The van der Waals surface area contributed by atoms with E-state index in [0.29, 0.717) is 0 Å². The molecule has 0 heterocycles. The Morgan fingerprint density at radius 3 is 2.71 bits per heavy atom. The van der Waals surface area contributed by atoms with Gasteiger partial charge >= 0.3 is 0 Å². The highest BCUT2D eigenvalue weighted by Gasteiger charge is 2.33. The number of carbonyl (C=O) groups excluding carboxylic acids is 2. The van der Waals surface area contributed by atoms with Crippen molar-refractivity contribution in [1.82, 2.24) is 4.90 Å². The minimum atomic E-state index is -0.191. The van der Waals surface area contributed by atoms with Crippen LogP contribution in [0.25, 0.3) is 0 Å². The maximum atomic E-state index is 12.5. The SMILES string of the molecule is Cc1cc(Br)ccc1NC(=O)CN(C)C(=O)[C@H]1Cc2ccccc21. The topological polar surface area (TPSA) is 49.4 Å². The van der Waals surface area contributed by atoms with Gasteiger partial charge < -0.3 is 10.2 Å². The Hall–Kier alpha value is -2.14. The largest absolute Gasteiger partial charge is 0.336 e. The van der Waals surface area contributed by atoms with E-state index in [9.17, 15) is 9.59 Å². The standard InChI is InChI=1S/C19H19BrN2O2/c1-12-9-14(20)7-8-17(12)21-18(23)11-22(2)19(24)16-10-13-5-3-4-6-15(13)16/h3-9,16H,10-11H2,1-2H3,(H,21,23)/t16-/m0/s1. The molecule has 1 aliphatic rings. The zero-order valence-corrected chi connectivity index (χ0v) is 15.3. The van der Waals surface area contributed by atoms with Gasteiger partial charge in [-0.15, -0.1) is 0 Å². The molecule has 2 amide bonds. The van der Waals surface area contributed by atoms with Crippen molar-refractivity contribution in [3.05, 3.63) is 63.6 Å². The number of halogens is 1. The van der Waals surface area contributed by atoms with E-state index in [1.165, 1.54) is 10.5 Å². The fourth-order valence-corrected chi connectivity index (χ4v) is 3.47. The van der Waals surface area contributed by atoms with Crippen LogP contribution in [0.2, 0.25) is 0 Å². The summed E-state index contributed by atoms with van der Waals surface area (Å²) in [6.45, 7) is 1.98. The molecule has 0 aliphatic heterocycles. The van der Waals surface area contributed by atoms with Crippen molar-refractivity contribution in [2.24, 2.45) is 0 Å². The summed E-state index contributed by atoms with van der Waals surface area (Å²) in [5.74, 6) is -0.311. The molecule has 0 unspecified atom stereocenters. The van der Waals surface area contributed by atoms with Crippen LogP contribution in [0.15, 0.2) is 46.9 Å². The van der Waals surface area contributed by atoms with Crippen molar-refractivity contribution in [2.75, 3.05) is 18.9 Å². The maximum absolute atomic E-state index is 12.5. The molecule has 2 aromatic rings. The number of nitrogens with zero attached hydrogens (tertiary/aromatic N) is 1. The lowest BCUT2D eigenvalue weighted by Gasteiger charge is -2.32. The highest BCUT2D eigenvalue weighted by atomic mass is 79.9. The first-order valence-corrected chi connectivity index (χ1v) is 8.64. The Labute approximate surface area is 150 Å². The van der Waals surface area contributed by atoms with E-state index >= 15 is 0 Å². The molecule has 124 valence electrons. The van der Waals surface area contributed by atoms with Crippen LogP contribution in [0, 0.1) is 6.92 Å². The summed E-state index contributed by atoms with van der Waals surface area (Å²) in [7, 11) is 1.68. The van der Waals surface area contributed by atoms with Gasteiger partial charge in [-0.2, -0.15) is 0 Å². The molecular formula is C19H19BrN2O2. The molecule has 1 N–H and O–H groups in total. The molecule has 0 radical (unpaired) electrons. The fraction of sp³-hybridized carbons (Fsp3) is 0.263. The molecule has 1 atom stereocenters. The number of aryl methyl sites for hydroxylation is 1. The molecule has 0 saturated carbocycles. The number of likely N-dealkylation sites (N-methyl/N-ethyl adjacent to an activating group) is 1. The van der Waals surface area contributed by atoms with Crippen molar-refractivity contribution in [1.29, 1.82) is 0 Å². The summed E-state index contributed by atoms with van der Waals surface area (Å²) in [6.07, 6.45) is 0.757. The molecule has 5 heteroatoms. The fourth-order valence-electron chi connectivity index (χ4n) is 3.00. The Kier molecular flexibility index (Phi) is 4.71. The number of amides is 2. The van der Waals surface area contributed by atoms with E-state index in [4.69, 9.17) is 0 Å². The highest BCUT2D eigenvalue weighted by molar-refractivity contribution is 9.10. The van der Waals surface area contributed by atoms with Gasteiger partial charge in [0.05, 0.1) is 12.5 Å². The van der Waals surface area contributed by atoms with Crippen LogP contribution in [-0.2, 0) is 16.0 Å². The summed E-state index contributed by atoms with van der Waals surface area (Å²) < 4.78 is 0.967. The summed E-state index contributed by atoms with van der Waals surface area (Å²) in [5.41, 5.74) is 4.04. The van der Waals surface area contributed by atoms with Crippen LogP contribution in [0.5, 0.6) is 0 Å². The van der Waals surface area contributed by atoms with Gasteiger partial charge in [0.15, 0.2) is 0 Å². The third-order valence-electron chi connectivity index (χ3n) is 4.37. The Morgan fingerprint density at radius 1 is 1.25 bits per heavy atom. The van der Waals surface area contributed by atoms with Gasteiger partial charge in [0.25, 0.3) is 0 Å². The van der Waals surface area contributed by atoms with Crippen molar-refractivity contribution in [2.45, 2.75) is 19.3 Å². The molecule has 2 aromatic carbocycles. The molecular weight excluding hydrogens is 368 g/mol. The quantitative estimate of drug-likeness (QED) is 0.873. The summed E-state index contributed by atoms with van der Waals surface area (Å²) in [5, 5.41) is 2.86. The molecule has 3 rings (SSSR count). The highest BCUT2D eigenvalue weighted by Crippen LogP contribution is 2.35. The Morgan fingerprint density at radius 2 is 2.00 bits per heavy atom. The zero-order chi connectivity index (χ0) is 17.3. The zero-order valence-electron chi connectivity index (χ0n) is 13.7. The lowest BCUT2D eigenvalue weighted by Crippen LogP contribution is -2.41. The van der Waals surface area contributed by atoms with Gasteiger partial charge in [-0.05, 0) is 48.2 Å². The smallest absolute Gasteiger partial charge is 0.243 e. The Bertz CT molecular complexity index is 804. The molecule has 24 heavy (non-hydrogen) atoms. The summed E-state index contributed by atoms with van der Waals surface area (Å²) >= 11 is 3.40. The number of rotatable bonds is 4. The minimum absolute atomic E-state index is 0.00335. The van der Waals surface area contributed by atoms with Crippen LogP contribution < -0.4 is 5.32 Å². The number of nitrogens with one attached hydrogen (secondary N) is 1. The second-order valence-corrected chi connectivity index (χ2v) is 7.07. The number of carbonyl (C=O) groups is 2. The van der Waals surface area contributed by atoms with Crippen molar-refractivity contribution in [3.63, 3.8) is 0 Å². The molecule has 0 bridgehead atoms. The van der Waals surface area contributed by atoms with E-state index in [2.05, 4.69) is 21.2 Å². The van der Waals surface area contributed by atoms with E-state index in [-0.39, 0.29) is 24.3 Å². The predicted octanol–water partition coefficient (Wildman–Crippen LogP) is 3.49. The monoisotopic (exact) mass is 386 g/mol. The number of anilines is 1. The normalized spacial score (nSPS) is 15.2. The minimum Gasteiger partial charge on any atom is -0.336 e. The average molecular weight is 387 g/mol. The van der Waals surface area contributed by atoms with Gasteiger partial charge in [-0.3, -0.25) is 9.59 Å². The number of benzene rings is 2. The Balaban J connectivity index is 1.59. The predicted molar refractivity (Wildman–Crippen MR) is 98.0 cm³/mol. The average Bonchev–Trinajstić information content (AvgIpc) is 2.51. The van der Waals surface area contributed by atoms with Crippen LogP contribution in [-0.4, -0.2) is 30.3 Å². The lowest BCUT2D eigenvalue weighted by molar-refractivity contribution is -0.135. The van der Waals surface area contributed by atoms with E-state index in [1.54, 1.807) is 7.05 Å². The third-order valence-corrected chi connectivity index (χ3v) is 4.87. The second-order valence-electron chi connectivity index (χ2n) is 6.16.